The normalized spacial score (nSPS) is 17.1. The summed E-state index contributed by atoms with van der Waals surface area (Å²) in [5, 5.41) is 8.78. The molecule has 1 fully saturated rings. The quantitative estimate of drug-likeness (QED) is 0.789. The maximum Gasteiger partial charge on any atom is 0.123 e. The van der Waals surface area contributed by atoms with Gasteiger partial charge in [-0.3, -0.25) is 4.90 Å². The molecule has 3 N–H and O–H groups in total. The fourth-order valence-electron chi connectivity index (χ4n) is 2.77. The Labute approximate surface area is 126 Å². The van der Waals surface area contributed by atoms with Crippen molar-refractivity contribution in [1.82, 2.24) is 4.90 Å². The Balaban J connectivity index is 1.86. The van der Waals surface area contributed by atoms with Crippen molar-refractivity contribution in [3.8, 4) is 5.75 Å². The molecule has 0 saturated carbocycles. The van der Waals surface area contributed by atoms with Gasteiger partial charge in [0.05, 0.1) is 26.4 Å². The van der Waals surface area contributed by atoms with Crippen LogP contribution >= 0.6 is 0 Å². The fraction of sp³-hybridized carbons (Fsp3) is 0.625. The molecule has 2 rings (SSSR count). The highest BCUT2D eigenvalue weighted by atomic mass is 16.5. The van der Waals surface area contributed by atoms with Gasteiger partial charge < -0.3 is 20.3 Å². The summed E-state index contributed by atoms with van der Waals surface area (Å²) in [6, 6.07) is 6.25. The summed E-state index contributed by atoms with van der Waals surface area (Å²) in [5.74, 6) is 0.871. The monoisotopic (exact) mass is 294 g/mol. The van der Waals surface area contributed by atoms with Crippen molar-refractivity contribution in [2.45, 2.75) is 32.0 Å². The average Bonchev–Trinajstić information content (AvgIpc) is 2.54. The van der Waals surface area contributed by atoms with Crippen molar-refractivity contribution in [2.24, 2.45) is 5.73 Å². The van der Waals surface area contributed by atoms with E-state index >= 15 is 0 Å². The number of methoxy groups -OCH3 is 1. The minimum absolute atomic E-state index is 0.105. The third-order valence-corrected chi connectivity index (χ3v) is 3.96. The first-order chi connectivity index (χ1) is 10.3. The summed E-state index contributed by atoms with van der Waals surface area (Å²) in [6.07, 6.45) is 2.35. The highest BCUT2D eigenvalue weighted by Gasteiger charge is 2.19. The first-order valence-corrected chi connectivity index (χ1v) is 7.57. The van der Waals surface area contributed by atoms with Gasteiger partial charge in [-0.25, -0.2) is 0 Å². The van der Waals surface area contributed by atoms with Crippen LogP contribution in [0, 0.1) is 0 Å². The molecule has 1 heterocycles. The molecular formula is C16H26N2O3. The number of aliphatic hydroxyl groups is 1. The predicted octanol–water partition coefficient (Wildman–Crippen LogP) is 1.13. The number of aliphatic hydroxyl groups excluding tert-OH is 1. The summed E-state index contributed by atoms with van der Waals surface area (Å²) in [6.45, 7) is 4.02. The van der Waals surface area contributed by atoms with Gasteiger partial charge in [0.2, 0.25) is 0 Å². The van der Waals surface area contributed by atoms with E-state index in [1.807, 2.05) is 6.07 Å². The van der Waals surface area contributed by atoms with Crippen LogP contribution in [0.3, 0.4) is 0 Å². The molecule has 0 aliphatic carbocycles. The second kappa shape index (κ2) is 8.34. The number of ether oxygens (including phenoxy) is 2. The molecule has 5 heteroatoms. The molecule has 1 aromatic carbocycles. The molecule has 0 aromatic heterocycles. The maximum absolute atomic E-state index is 8.78. The molecule has 0 amide bonds. The van der Waals surface area contributed by atoms with E-state index in [4.69, 9.17) is 20.3 Å². The van der Waals surface area contributed by atoms with Gasteiger partial charge >= 0.3 is 0 Å². The van der Waals surface area contributed by atoms with Crippen LogP contribution in [-0.4, -0.2) is 49.5 Å². The van der Waals surface area contributed by atoms with Crippen molar-refractivity contribution in [2.75, 3.05) is 33.4 Å². The minimum Gasteiger partial charge on any atom is -0.496 e. The first kappa shape index (κ1) is 16.2. The predicted molar refractivity (Wildman–Crippen MR) is 82.2 cm³/mol. The standard InChI is InChI=1S/C16H26N2O3/c1-20-16-10-13(2-3-14(16)11-17)12-18-6-4-15(5-7-18)21-9-8-19/h2-3,10,15,19H,4-9,11-12,17H2,1H3. The Morgan fingerprint density at radius 3 is 2.71 bits per heavy atom. The van der Waals surface area contributed by atoms with Crippen molar-refractivity contribution in [3.63, 3.8) is 0 Å². The van der Waals surface area contributed by atoms with Crippen LogP contribution in [0.25, 0.3) is 0 Å². The van der Waals surface area contributed by atoms with Gasteiger partial charge in [-0.1, -0.05) is 12.1 Å². The first-order valence-electron chi connectivity index (χ1n) is 7.57. The smallest absolute Gasteiger partial charge is 0.123 e. The Morgan fingerprint density at radius 1 is 1.33 bits per heavy atom. The number of hydrogen-bond acceptors (Lipinski definition) is 5. The Hall–Kier alpha value is -1.14. The van der Waals surface area contributed by atoms with Gasteiger partial charge in [0.15, 0.2) is 0 Å². The zero-order chi connectivity index (χ0) is 15.1. The lowest BCUT2D eigenvalue weighted by molar-refractivity contribution is -0.00902. The van der Waals surface area contributed by atoms with Gasteiger partial charge in [-0.2, -0.15) is 0 Å². The molecule has 1 saturated heterocycles. The Morgan fingerprint density at radius 2 is 2.10 bits per heavy atom. The fourth-order valence-corrected chi connectivity index (χ4v) is 2.77. The lowest BCUT2D eigenvalue weighted by atomic mass is 10.1. The summed E-state index contributed by atoms with van der Waals surface area (Å²) in [5.41, 5.74) is 7.98. The third kappa shape index (κ3) is 4.68. The molecule has 5 nitrogen and oxygen atoms in total. The number of benzene rings is 1. The average molecular weight is 294 g/mol. The topological polar surface area (TPSA) is 68.0 Å². The van der Waals surface area contributed by atoms with Crippen molar-refractivity contribution >= 4 is 0 Å². The van der Waals surface area contributed by atoms with E-state index in [-0.39, 0.29) is 6.61 Å². The lowest BCUT2D eigenvalue weighted by Crippen LogP contribution is -2.36. The largest absolute Gasteiger partial charge is 0.496 e. The van der Waals surface area contributed by atoms with E-state index in [0.717, 1.165) is 43.8 Å². The van der Waals surface area contributed by atoms with Crippen LogP contribution in [0.4, 0.5) is 0 Å². The molecule has 118 valence electrons. The van der Waals surface area contributed by atoms with Gasteiger partial charge in [-0.15, -0.1) is 0 Å². The summed E-state index contributed by atoms with van der Waals surface area (Å²) >= 11 is 0. The van der Waals surface area contributed by atoms with Crippen LogP contribution in [0.15, 0.2) is 18.2 Å². The van der Waals surface area contributed by atoms with Crippen LogP contribution in [0.5, 0.6) is 5.75 Å². The van der Waals surface area contributed by atoms with Crippen molar-refractivity contribution < 1.29 is 14.6 Å². The maximum atomic E-state index is 8.78. The molecule has 1 aromatic rings. The number of likely N-dealkylation sites (tertiary alicyclic amines) is 1. The third-order valence-electron chi connectivity index (χ3n) is 3.96. The van der Waals surface area contributed by atoms with Crippen molar-refractivity contribution in [3.05, 3.63) is 29.3 Å². The Kier molecular flexibility index (Phi) is 6.45. The summed E-state index contributed by atoms with van der Waals surface area (Å²) < 4.78 is 11.0. The summed E-state index contributed by atoms with van der Waals surface area (Å²) in [7, 11) is 1.68. The van der Waals surface area contributed by atoms with Gasteiger partial charge in [0.25, 0.3) is 0 Å². The van der Waals surface area contributed by atoms with Gasteiger partial charge in [0.1, 0.15) is 5.75 Å². The molecule has 21 heavy (non-hydrogen) atoms. The highest BCUT2D eigenvalue weighted by molar-refractivity contribution is 5.37. The molecule has 1 aliphatic rings. The molecular weight excluding hydrogens is 268 g/mol. The van der Waals surface area contributed by atoms with Crippen LogP contribution in [0.2, 0.25) is 0 Å². The molecule has 1 aliphatic heterocycles. The van der Waals surface area contributed by atoms with Crippen LogP contribution in [0.1, 0.15) is 24.0 Å². The lowest BCUT2D eigenvalue weighted by Gasteiger charge is -2.31. The van der Waals surface area contributed by atoms with Crippen LogP contribution < -0.4 is 10.5 Å². The second-order valence-electron chi connectivity index (χ2n) is 5.42. The molecule has 0 spiro atoms. The van der Waals surface area contributed by atoms with Gasteiger partial charge in [-0.05, 0) is 24.5 Å². The van der Waals surface area contributed by atoms with Crippen LogP contribution in [-0.2, 0) is 17.8 Å². The number of nitrogens with zero attached hydrogens (tertiary/aromatic N) is 1. The van der Waals surface area contributed by atoms with E-state index in [1.54, 1.807) is 7.11 Å². The van der Waals surface area contributed by atoms with Gasteiger partial charge in [0, 0.05) is 31.7 Å². The highest BCUT2D eigenvalue weighted by Crippen LogP contribution is 2.22. The second-order valence-corrected chi connectivity index (χ2v) is 5.42. The zero-order valence-electron chi connectivity index (χ0n) is 12.8. The van der Waals surface area contributed by atoms with E-state index in [1.165, 1.54) is 5.56 Å². The number of piperidine rings is 1. The molecule has 0 atom stereocenters. The van der Waals surface area contributed by atoms with E-state index in [2.05, 4.69) is 17.0 Å². The number of rotatable bonds is 7. The Bertz CT molecular complexity index is 432. The molecule has 0 radical (unpaired) electrons. The minimum atomic E-state index is 0.105. The van der Waals surface area contributed by atoms with E-state index in [9.17, 15) is 0 Å². The number of nitrogens with two attached hydrogens (primary N) is 1. The van der Waals surface area contributed by atoms with E-state index < -0.39 is 0 Å². The molecule has 0 unspecified atom stereocenters. The van der Waals surface area contributed by atoms with E-state index in [0.29, 0.717) is 19.3 Å². The van der Waals surface area contributed by atoms with Crippen molar-refractivity contribution in [1.29, 1.82) is 0 Å². The zero-order valence-corrected chi connectivity index (χ0v) is 12.8. The SMILES string of the molecule is COc1cc(CN2CCC(OCCO)CC2)ccc1CN. The number of hydrogen-bond donors (Lipinski definition) is 2. The summed E-state index contributed by atoms with van der Waals surface area (Å²) in [4.78, 5) is 2.43. The molecule has 0 bridgehead atoms.